The molecule has 0 spiro atoms. The Morgan fingerprint density at radius 3 is 2.67 bits per heavy atom. The van der Waals surface area contributed by atoms with E-state index >= 15 is 0 Å². The van der Waals surface area contributed by atoms with E-state index in [1.165, 1.54) is 24.3 Å². The van der Waals surface area contributed by atoms with E-state index in [0.29, 0.717) is 5.56 Å². The second-order valence-electron chi connectivity index (χ2n) is 4.23. The van der Waals surface area contributed by atoms with Crippen molar-refractivity contribution in [2.75, 3.05) is 6.54 Å². The van der Waals surface area contributed by atoms with Crippen LogP contribution in [0.15, 0.2) is 42.1 Å². The number of allylic oxidation sites excluding steroid dienone is 2. The molecule has 7 nitrogen and oxygen atoms in total. The summed E-state index contributed by atoms with van der Waals surface area (Å²) in [5.74, 6) is -0.408. The lowest BCUT2D eigenvalue weighted by Gasteiger charge is -2.05. The number of benzene rings is 1. The zero-order valence-corrected chi connectivity index (χ0v) is 11.3. The van der Waals surface area contributed by atoms with Crippen molar-refractivity contribution in [3.05, 3.63) is 57.8 Å². The number of hydrogen-bond acceptors (Lipinski definition) is 4. The molecule has 0 atom stereocenters. The minimum Gasteiger partial charge on any atom is -0.303 e. The van der Waals surface area contributed by atoms with E-state index in [-0.39, 0.29) is 17.9 Å². The van der Waals surface area contributed by atoms with Crippen molar-refractivity contribution in [2.45, 2.75) is 6.92 Å². The lowest BCUT2D eigenvalue weighted by atomic mass is 10.1. The molecule has 2 rings (SSSR count). The third-order valence-electron chi connectivity index (χ3n) is 2.95. The summed E-state index contributed by atoms with van der Waals surface area (Å²) in [6, 6.07) is 5.79. The molecule has 0 unspecified atom stereocenters. The molecule has 1 N–H and O–H groups in total. The summed E-state index contributed by atoms with van der Waals surface area (Å²) < 4.78 is 0. The molecular formula is C14H13N3O4. The van der Waals surface area contributed by atoms with Crippen LogP contribution >= 0.6 is 0 Å². The van der Waals surface area contributed by atoms with E-state index in [4.69, 9.17) is 0 Å². The number of carbonyl (C=O) groups is 2. The van der Waals surface area contributed by atoms with Crippen molar-refractivity contribution in [2.24, 2.45) is 0 Å². The lowest BCUT2D eigenvalue weighted by Crippen LogP contribution is -2.30. The normalized spacial score (nSPS) is 16.8. The Balaban J connectivity index is 2.20. The summed E-state index contributed by atoms with van der Waals surface area (Å²) >= 11 is 0. The van der Waals surface area contributed by atoms with Gasteiger partial charge in [-0.25, -0.2) is 4.79 Å². The summed E-state index contributed by atoms with van der Waals surface area (Å²) in [5, 5.41) is 13.3. The number of rotatable bonds is 4. The fourth-order valence-electron chi connectivity index (χ4n) is 1.92. The van der Waals surface area contributed by atoms with Crippen LogP contribution in [0.5, 0.6) is 0 Å². The van der Waals surface area contributed by atoms with Gasteiger partial charge in [-0.15, -0.1) is 0 Å². The van der Waals surface area contributed by atoms with Gasteiger partial charge in [0.15, 0.2) is 0 Å². The van der Waals surface area contributed by atoms with E-state index in [1.54, 1.807) is 25.1 Å². The first kappa shape index (κ1) is 14.4. The summed E-state index contributed by atoms with van der Waals surface area (Å²) in [4.78, 5) is 34.7. The molecule has 1 heterocycles. The molecule has 3 amide bonds. The lowest BCUT2D eigenvalue weighted by molar-refractivity contribution is -0.385. The van der Waals surface area contributed by atoms with Gasteiger partial charge in [-0.2, -0.15) is 0 Å². The standard InChI is InChI=1S/C14H13N3O4/c1-2-16-13(18)11(15-14(16)19)8-5-7-10-6-3-4-9-12(10)17(20)21/h3-9H,2H2,1H3,(H,15,19)/b7-5+,11-8+. The Hall–Kier alpha value is -2.96. The van der Waals surface area contributed by atoms with Crippen molar-refractivity contribution < 1.29 is 14.5 Å². The molecule has 0 radical (unpaired) electrons. The van der Waals surface area contributed by atoms with Crippen LogP contribution in [0, 0.1) is 10.1 Å². The van der Waals surface area contributed by atoms with E-state index in [1.807, 2.05) is 0 Å². The van der Waals surface area contributed by atoms with Crippen LogP contribution in [-0.4, -0.2) is 28.3 Å². The second kappa shape index (κ2) is 6.00. The molecule has 1 aliphatic heterocycles. The first-order chi connectivity index (χ1) is 10.0. The molecule has 1 fully saturated rings. The molecule has 1 aromatic rings. The van der Waals surface area contributed by atoms with Gasteiger partial charge in [0, 0.05) is 12.6 Å². The number of amides is 3. The minimum absolute atomic E-state index is 0.0240. The van der Waals surface area contributed by atoms with Crippen molar-refractivity contribution >= 4 is 23.7 Å². The number of nitrogens with zero attached hydrogens (tertiary/aromatic N) is 2. The highest BCUT2D eigenvalue weighted by Crippen LogP contribution is 2.19. The molecule has 1 aliphatic rings. The van der Waals surface area contributed by atoms with Gasteiger partial charge in [0.05, 0.1) is 10.5 Å². The number of para-hydroxylation sites is 1. The predicted octanol–water partition coefficient (Wildman–Crippen LogP) is 2.06. The van der Waals surface area contributed by atoms with Crippen LogP contribution in [0.3, 0.4) is 0 Å². The number of likely N-dealkylation sites (N-methyl/N-ethyl adjacent to an activating group) is 1. The van der Waals surface area contributed by atoms with E-state index in [9.17, 15) is 19.7 Å². The third kappa shape index (κ3) is 2.97. The Labute approximate surface area is 120 Å². The summed E-state index contributed by atoms with van der Waals surface area (Å²) in [6.07, 6.45) is 4.43. The highest BCUT2D eigenvalue weighted by Gasteiger charge is 2.31. The second-order valence-corrected chi connectivity index (χ2v) is 4.23. The van der Waals surface area contributed by atoms with Crippen molar-refractivity contribution in [1.29, 1.82) is 0 Å². The molecule has 0 saturated carbocycles. The molecule has 0 bridgehead atoms. The highest BCUT2D eigenvalue weighted by atomic mass is 16.6. The van der Waals surface area contributed by atoms with Gasteiger partial charge in [0.2, 0.25) is 0 Å². The first-order valence-corrected chi connectivity index (χ1v) is 6.29. The van der Waals surface area contributed by atoms with Crippen molar-refractivity contribution in [3.63, 3.8) is 0 Å². The average Bonchev–Trinajstić information content (AvgIpc) is 2.73. The number of nitro groups is 1. The fourth-order valence-corrected chi connectivity index (χ4v) is 1.92. The monoisotopic (exact) mass is 287 g/mol. The molecular weight excluding hydrogens is 274 g/mol. The minimum atomic E-state index is -0.478. The van der Waals surface area contributed by atoms with E-state index < -0.39 is 16.9 Å². The highest BCUT2D eigenvalue weighted by molar-refractivity contribution is 6.11. The largest absolute Gasteiger partial charge is 0.328 e. The van der Waals surface area contributed by atoms with Gasteiger partial charge >= 0.3 is 6.03 Å². The molecule has 1 saturated heterocycles. The van der Waals surface area contributed by atoms with Crippen LogP contribution in [0.25, 0.3) is 6.08 Å². The number of urea groups is 1. The maximum Gasteiger partial charge on any atom is 0.328 e. The first-order valence-electron chi connectivity index (χ1n) is 6.29. The van der Waals surface area contributed by atoms with Gasteiger partial charge in [-0.05, 0) is 25.1 Å². The number of nitro benzene ring substituents is 1. The SMILES string of the molecule is CCN1C(=O)N/C(=C/C=C/c2ccccc2[N+](=O)[O-])C1=O. The molecule has 7 heteroatoms. The van der Waals surface area contributed by atoms with Gasteiger partial charge in [-0.3, -0.25) is 19.8 Å². The smallest absolute Gasteiger partial charge is 0.303 e. The Kier molecular flexibility index (Phi) is 4.13. The average molecular weight is 287 g/mol. The maximum absolute atomic E-state index is 11.8. The van der Waals surface area contributed by atoms with Crippen molar-refractivity contribution in [1.82, 2.24) is 10.2 Å². The zero-order chi connectivity index (χ0) is 15.4. The fraction of sp³-hybridized carbons (Fsp3) is 0.143. The van der Waals surface area contributed by atoms with Gasteiger partial charge in [0.25, 0.3) is 11.6 Å². The van der Waals surface area contributed by atoms with Crippen LogP contribution < -0.4 is 5.32 Å². The zero-order valence-electron chi connectivity index (χ0n) is 11.3. The Morgan fingerprint density at radius 2 is 2.05 bits per heavy atom. The van der Waals surface area contributed by atoms with Crippen LogP contribution in [-0.2, 0) is 4.79 Å². The van der Waals surface area contributed by atoms with Gasteiger partial charge < -0.3 is 5.32 Å². The van der Waals surface area contributed by atoms with Crippen LogP contribution in [0.1, 0.15) is 12.5 Å². The molecule has 108 valence electrons. The summed E-state index contributed by atoms with van der Waals surface area (Å²) in [5.41, 5.74) is 0.546. The molecule has 0 aromatic heterocycles. The quantitative estimate of drug-likeness (QED) is 0.397. The number of nitrogens with one attached hydrogen (secondary N) is 1. The number of hydrogen-bond donors (Lipinski definition) is 1. The number of carbonyl (C=O) groups excluding carboxylic acids is 2. The van der Waals surface area contributed by atoms with Crippen molar-refractivity contribution in [3.8, 4) is 0 Å². The summed E-state index contributed by atoms with van der Waals surface area (Å²) in [6.45, 7) is 1.99. The van der Waals surface area contributed by atoms with Gasteiger partial charge in [-0.1, -0.05) is 18.2 Å². The predicted molar refractivity (Wildman–Crippen MR) is 76.1 cm³/mol. The van der Waals surface area contributed by atoms with Crippen LogP contribution in [0.2, 0.25) is 0 Å². The van der Waals surface area contributed by atoms with Gasteiger partial charge in [0.1, 0.15) is 5.70 Å². The van der Waals surface area contributed by atoms with Crippen LogP contribution in [0.4, 0.5) is 10.5 Å². The maximum atomic E-state index is 11.8. The van der Waals surface area contributed by atoms with E-state index in [2.05, 4.69) is 5.32 Å². The van der Waals surface area contributed by atoms with E-state index in [0.717, 1.165) is 4.90 Å². The third-order valence-corrected chi connectivity index (χ3v) is 2.95. The topological polar surface area (TPSA) is 92.6 Å². The Bertz CT molecular complexity index is 664. The Morgan fingerprint density at radius 1 is 1.33 bits per heavy atom. The summed E-state index contributed by atoms with van der Waals surface area (Å²) in [7, 11) is 0. The molecule has 0 aliphatic carbocycles. The molecule has 1 aromatic carbocycles. The number of imide groups is 1. The molecule has 21 heavy (non-hydrogen) atoms.